The zero-order chi connectivity index (χ0) is 6.24. The molecule has 0 aromatic heterocycles. The highest BCUT2D eigenvalue weighted by Crippen LogP contribution is 1.89. The normalized spacial score (nSPS) is 7.12. The van der Waals surface area contributed by atoms with E-state index in [4.69, 9.17) is 7.85 Å². The average Bonchev–Trinajstić information content (AvgIpc) is 1.81. The van der Waals surface area contributed by atoms with Crippen molar-refractivity contribution in [3.8, 4) is 11.7 Å². The van der Waals surface area contributed by atoms with Crippen LogP contribution >= 0.6 is 0 Å². The van der Waals surface area contributed by atoms with Gasteiger partial charge < -0.3 is 0 Å². The Hall–Kier alpha value is -0.310. The first-order chi connectivity index (χ1) is 3.91. The molecule has 0 rings (SSSR count). The standard InChI is InChI=1S/C6H9B2/c1-2-5-8-6-3-4-7/h3-4,6H2,1H3. The van der Waals surface area contributed by atoms with Gasteiger partial charge in [-0.05, 0) is 6.92 Å². The number of hydrogen-bond acceptors (Lipinski definition) is 0. The van der Waals surface area contributed by atoms with Crippen LogP contribution in [-0.4, -0.2) is 15.1 Å². The lowest BCUT2D eigenvalue weighted by Crippen LogP contribution is -1.83. The second-order valence-corrected chi connectivity index (χ2v) is 1.53. The van der Waals surface area contributed by atoms with Crippen LogP contribution in [0.1, 0.15) is 13.3 Å². The van der Waals surface area contributed by atoms with Gasteiger partial charge in [0.15, 0.2) is 0 Å². The van der Waals surface area contributed by atoms with Gasteiger partial charge in [0.2, 0.25) is 7.28 Å². The lowest BCUT2D eigenvalue weighted by Gasteiger charge is -1.84. The number of rotatable bonds is 3. The molecule has 0 aromatic carbocycles. The fourth-order valence-electron chi connectivity index (χ4n) is 0.394. The summed E-state index contributed by atoms with van der Waals surface area (Å²) in [6.07, 6.45) is 2.84. The Bertz CT molecular complexity index is 88.4. The summed E-state index contributed by atoms with van der Waals surface area (Å²) in [5.41, 5.74) is 0. The molecule has 0 unspecified atom stereocenters. The zero-order valence-electron chi connectivity index (χ0n) is 5.28. The van der Waals surface area contributed by atoms with Gasteiger partial charge >= 0.3 is 0 Å². The van der Waals surface area contributed by atoms with Crippen LogP contribution in [0.4, 0.5) is 0 Å². The molecule has 3 radical (unpaired) electrons. The Kier molecular flexibility index (Phi) is 6.43. The maximum Gasteiger partial charge on any atom is 0.215 e. The predicted molar refractivity (Wildman–Crippen MR) is 39.2 cm³/mol. The third kappa shape index (κ3) is 5.69. The highest BCUT2D eigenvalue weighted by atomic mass is 13.7. The van der Waals surface area contributed by atoms with Crippen molar-refractivity contribution >= 4 is 15.1 Å². The molecule has 8 heavy (non-hydrogen) atoms. The summed E-state index contributed by atoms with van der Waals surface area (Å²) in [7, 11) is 7.19. The molecule has 0 amide bonds. The molecule has 0 aliphatic carbocycles. The molecule has 0 heterocycles. The van der Waals surface area contributed by atoms with Crippen molar-refractivity contribution in [3.05, 3.63) is 0 Å². The summed E-state index contributed by atoms with van der Waals surface area (Å²) in [5, 5.41) is 0. The second-order valence-electron chi connectivity index (χ2n) is 1.53. The summed E-state index contributed by atoms with van der Waals surface area (Å²) in [6, 6.07) is 0. The van der Waals surface area contributed by atoms with Gasteiger partial charge in [0.05, 0.1) is 7.85 Å². The maximum atomic E-state index is 5.24. The predicted octanol–water partition coefficient (Wildman–Crippen LogP) is 1.07. The summed E-state index contributed by atoms with van der Waals surface area (Å²) in [6.45, 7) is 1.83. The maximum absolute atomic E-state index is 5.24. The first-order valence-corrected chi connectivity index (χ1v) is 2.86. The quantitative estimate of drug-likeness (QED) is 0.284. The molecule has 0 spiro atoms. The molecule has 39 valence electrons. The fraction of sp³-hybridized carbons (Fsp3) is 0.667. The van der Waals surface area contributed by atoms with E-state index in [9.17, 15) is 0 Å². The van der Waals surface area contributed by atoms with Gasteiger partial charge in [-0.15, -0.1) is 5.92 Å². The highest BCUT2D eigenvalue weighted by Gasteiger charge is 1.81. The zero-order valence-corrected chi connectivity index (χ0v) is 5.28. The van der Waals surface area contributed by atoms with Gasteiger partial charge in [0.1, 0.15) is 0 Å². The van der Waals surface area contributed by atoms with Crippen molar-refractivity contribution in [2.45, 2.75) is 26.0 Å². The molecule has 2 heteroatoms. The lowest BCUT2D eigenvalue weighted by atomic mass is 9.73. The van der Waals surface area contributed by atoms with E-state index in [2.05, 4.69) is 11.7 Å². The third-order valence-electron chi connectivity index (χ3n) is 0.799. The monoisotopic (exact) mass is 103 g/mol. The lowest BCUT2D eigenvalue weighted by molar-refractivity contribution is 1.07. The minimum atomic E-state index is 0.766. The van der Waals surface area contributed by atoms with Crippen molar-refractivity contribution in [1.82, 2.24) is 0 Å². The molecule has 0 fully saturated rings. The van der Waals surface area contributed by atoms with Crippen LogP contribution in [0.15, 0.2) is 0 Å². The molecule has 0 bridgehead atoms. The van der Waals surface area contributed by atoms with Crippen LogP contribution in [0.5, 0.6) is 0 Å². The minimum Gasteiger partial charge on any atom is -0.163 e. The van der Waals surface area contributed by atoms with E-state index in [1.165, 1.54) is 0 Å². The summed E-state index contributed by atoms with van der Waals surface area (Å²) in [4.78, 5) is 0. The first kappa shape index (κ1) is 7.69. The summed E-state index contributed by atoms with van der Waals surface area (Å²) in [5.74, 6) is 5.63. The molecule has 0 aliphatic rings. The second kappa shape index (κ2) is 6.69. The average molecular weight is 103 g/mol. The van der Waals surface area contributed by atoms with Crippen LogP contribution in [0.2, 0.25) is 12.6 Å². The highest BCUT2D eigenvalue weighted by molar-refractivity contribution is 6.46. The van der Waals surface area contributed by atoms with Crippen molar-refractivity contribution in [3.63, 3.8) is 0 Å². The van der Waals surface area contributed by atoms with Crippen molar-refractivity contribution in [2.75, 3.05) is 0 Å². The molecular weight excluding hydrogens is 93.7 g/mol. The van der Waals surface area contributed by atoms with Gasteiger partial charge in [-0.2, -0.15) is 5.82 Å². The van der Waals surface area contributed by atoms with Gasteiger partial charge in [-0.1, -0.05) is 19.1 Å². The van der Waals surface area contributed by atoms with Gasteiger partial charge in [0.25, 0.3) is 0 Å². The van der Waals surface area contributed by atoms with E-state index in [1.54, 1.807) is 0 Å². The van der Waals surface area contributed by atoms with Crippen LogP contribution in [0.25, 0.3) is 0 Å². The molecule has 0 saturated heterocycles. The molecule has 0 saturated carbocycles. The van der Waals surface area contributed by atoms with Crippen molar-refractivity contribution in [1.29, 1.82) is 0 Å². The summed E-state index contributed by atoms with van der Waals surface area (Å²) >= 11 is 0. The molecule has 0 atom stereocenters. The number of hydrogen-bond donors (Lipinski definition) is 0. The van der Waals surface area contributed by atoms with E-state index >= 15 is 0 Å². The Labute approximate surface area is 53.7 Å². The minimum absolute atomic E-state index is 0.766. The first-order valence-electron chi connectivity index (χ1n) is 2.86. The van der Waals surface area contributed by atoms with E-state index < -0.39 is 0 Å². The van der Waals surface area contributed by atoms with Gasteiger partial charge in [-0.25, -0.2) is 0 Å². The van der Waals surface area contributed by atoms with E-state index in [0.29, 0.717) is 0 Å². The van der Waals surface area contributed by atoms with E-state index in [-0.39, 0.29) is 0 Å². The smallest absolute Gasteiger partial charge is 0.163 e. The summed E-state index contributed by atoms with van der Waals surface area (Å²) < 4.78 is 0. The van der Waals surface area contributed by atoms with Crippen LogP contribution < -0.4 is 0 Å². The van der Waals surface area contributed by atoms with Crippen molar-refractivity contribution in [2.24, 2.45) is 0 Å². The topological polar surface area (TPSA) is 0 Å². The molecule has 0 nitrogen and oxygen atoms in total. The molecule has 0 N–H and O–H groups in total. The Balaban J connectivity index is 2.79. The van der Waals surface area contributed by atoms with E-state index in [0.717, 1.165) is 19.1 Å². The fourth-order valence-corrected chi connectivity index (χ4v) is 0.394. The van der Waals surface area contributed by atoms with Crippen LogP contribution in [0, 0.1) is 11.7 Å². The van der Waals surface area contributed by atoms with Crippen LogP contribution in [0.3, 0.4) is 0 Å². The van der Waals surface area contributed by atoms with Crippen molar-refractivity contribution < 1.29 is 0 Å². The Morgan fingerprint density at radius 2 is 2.38 bits per heavy atom. The van der Waals surface area contributed by atoms with Crippen LogP contribution in [-0.2, 0) is 0 Å². The van der Waals surface area contributed by atoms with Gasteiger partial charge in [-0.3, -0.25) is 0 Å². The Morgan fingerprint density at radius 3 is 2.88 bits per heavy atom. The van der Waals surface area contributed by atoms with Gasteiger partial charge in [0, 0.05) is 0 Å². The Morgan fingerprint density at radius 1 is 1.62 bits per heavy atom. The molecule has 0 aromatic rings. The third-order valence-corrected chi connectivity index (χ3v) is 0.799. The SMILES string of the molecule is [B]CCC[B]C#CC. The molecule has 0 aliphatic heterocycles. The largest absolute Gasteiger partial charge is 0.215 e. The van der Waals surface area contributed by atoms with E-state index in [1.807, 2.05) is 14.2 Å². The molecular formula is C6H9B2.